The molecule has 154 valence electrons. The quantitative estimate of drug-likeness (QED) is 0.787. The van der Waals surface area contributed by atoms with Crippen LogP contribution in [-0.4, -0.2) is 53.9 Å². The van der Waals surface area contributed by atoms with Crippen molar-refractivity contribution in [2.75, 3.05) is 31.1 Å². The molecule has 0 radical (unpaired) electrons. The standard InChI is InChI=1S/C21H32N4O2S/c1-15(26)24-10-12-25(13-11-24)21-23-18-9-8-16(14-19(18)28-21)20(27)22-17-6-4-2-3-5-7-17/h16-17H,2-14H2,1H3,(H,22,27). The first kappa shape index (κ1) is 19.7. The summed E-state index contributed by atoms with van der Waals surface area (Å²) in [4.78, 5) is 34.7. The molecule has 1 aromatic rings. The van der Waals surface area contributed by atoms with E-state index in [2.05, 4.69) is 10.2 Å². The van der Waals surface area contributed by atoms with Crippen LogP contribution in [0.2, 0.25) is 0 Å². The number of carbonyl (C=O) groups is 2. The molecule has 2 fully saturated rings. The molecule has 1 atom stereocenters. The number of hydrogen-bond donors (Lipinski definition) is 1. The fraction of sp³-hybridized carbons (Fsp3) is 0.762. The summed E-state index contributed by atoms with van der Waals surface area (Å²) in [7, 11) is 0. The molecule has 1 N–H and O–H groups in total. The van der Waals surface area contributed by atoms with Gasteiger partial charge in [0.25, 0.3) is 0 Å². The Labute approximate surface area is 171 Å². The maximum absolute atomic E-state index is 12.8. The number of nitrogens with zero attached hydrogens (tertiary/aromatic N) is 3. The zero-order valence-corrected chi connectivity index (χ0v) is 17.7. The highest BCUT2D eigenvalue weighted by Crippen LogP contribution is 2.34. The second-order valence-electron chi connectivity index (χ2n) is 8.50. The molecule has 1 aromatic heterocycles. The largest absolute Gasteiger partial charge is 0.353 e. The van der Waals surface area contributed by atoms with E-state index in [1.807, 2.05) is 4.90 Å². The van der Waals surface area contributed by atoms with Crippen LogP contribution in [0.5, 0.6) is 0 Å². The number of anilines is 1. The third kappa shape index (κ3) is 4.50. The van der Waals surface area contributed by atoms with E-state index in [-0.39, 0.29) is 17.7 Å². The summed E-state index contributed by atoms with van der Waals surface area (Å²) in [6.07, 6.45) is 10.0. The predicted molar refractivity (Wildman–Crippen MR) is 112 cm³/mol. The van der Waals surface area contributed by atoms with E-state index < -0.39 is 0 Å². The van der Waals surface area contributed by atoms with Gasteiger partial charge in [0.2, 0.25) is 11.8 Å². The molecule has 0 aromatic carbocycles. The molecule has 6 nitrogen and oxygen atoms in total. The molecule has 3 aliphatic rings. The molecule has 1 saturated carbocycles. The number of piperazine rings is 1. The molecular weight excluding hydrogens is 372 g/mol. The van der Waals surface area contributed by atoms with Gasteiger partial charge >= 0.3 is 0 Å². The Bertz CT molecular complexity index is 703. The third-order valence-corrected chi connectivity index (χ3v) is 7.68. The van der Waals surface area contributed by atoms with Crippen LogP contribution >= 0.6 is 11.3 Å². The summed E-state index contributed by atoms with van der Waals surface area (Å²) in [6, 6.07) is 0.381. The Hall–Kier alpha value is -1.63. The number of aryl methyl sites for hydroxylation is 1. The van der Waals surface area contributed by atoms with Crippen molar-refractivity contribution in [2.24, 2.45) is 5.92 Å². The van der Waals surface area contributed by atoms with Crippen LogP contribution in [-0.2, 0) is 22.4 Å². The fourth-order valence-electron chi connectivity index (χ4n) is 4.68. The van der Waals surface area contributed by atoms with Gasteiger partial charge in [0, 0.05) is 49.9 Å². The predicted octanol–water partition coefficient (Wildman–Crippen LogP) is 2.76. The van der Waals surface area contributed by atoms with Gasteiger partial charge in [-0.25, -0.2) is 4.98 Å². The smallest absolute Gasteiger partial charge is 0.223 e. The maximum Gasteiger partial charge on any atom is 0.223 e. The first-order chi connectivity index (χ1) is 13.6. The normalized spacial score (nSPS) is 23.8. The average molecular weight is 405 g/mol. The second kappa shape index (κ2) is 8.80. The summed E-state index contributed by atoms with van der Waals surface area (Å²) in [6.45, 7) is 4.87. The first-order valence-electron chi connectivity index (χ1n) is 10.9. The molecule has 2 heterocycles. The van der Waals surface area contributed by atoms with Crippen molar-refractivity contribution >= 4 is 28.3 Å². The lowest BCUT2D eigenvalue weighted by Crippen LogP contribution is -2.48. The highest BCUT2D eigenvalue weighted by atomic mass is 32.1. The zero-order valence-electron chi connectivity index (χ0n) is 16.9. The Morgan fingerprint density at radius 3 is 2.43 bits per heavy atom. The van der Waals surface area contributed by atoms with Gasteiger partial charge in [-0.15, -0.1) is 11.3 Å². The average Bonchev–Trinajstić information content (AvgIpc) is 2.97. The van der Waals surface area contributed by atoms with E-state index in [9.17, 15) is 9.59 Å². The van der Waals surface area contributed by atoms with E-state index in [0.29, 0.717) is 6.04 Å². The minimum absolute atomic E-state index is 0.0959. The molecule has 1 aliphatic heterocycles. The fourth-order valence-corrected chi connectivity index (χ4v) is 5.91. The lowest BCUT2D eigenvalue weighted by molar-refractivity contribution is -0.129. The van der Waals surface area contributed by atoms with Crippen molar-refractivity contribution in [3.63, 3.8) is 0 Å². The molecule has 2 amide bonds. The van der Waals surface area contributed by atoms with Crippen molar-refractivity contribution in [3.05, 3.63) is 10.6 Å². The number of amides is 2. The molecule has 2 aliphatic carbocycles. The summed E-state index contributed by atoms with van der Waals surface area (Å²) in [5, 5.41) is 4.41. The number of fused-ring (bicyclic) bond motifs is 1. The molecule has 1 unspecified atom stereocenters. The highest BCUT2D eigenvalue weighted by Gasteiger charge is 2.30. The number of hydrogen-bond acceptors (Lipinski definition) is 5. The molecule has 28 heavy (non-hydrogen) atoms. The number of aromatic nitrogens is 1. The molecule has 0 spiro atoms. The van der Waals surface area contributed by atoms with E-state index in [1.165, 1.54) is 36.3 Å². The van der Waals surface area contributed by atoms with E-state index in [4.69, 9.17) is 4.98 Å². The van der Waals surface area contributed by atoms with Crippen molar-refractivity contribution in [2.45, 2.75) is 70.8 Å². The van der Waals surface area contributed by atoms with Crippen LogP contribution in [0.3, 0.4) is 0 Å². The van der Waals surface area contributed by atoms with Crippen LogP contribution in [0.1, 0.15) is 62.4 Å². The second-order valence-corrected chi connectivity index (χ2v) is 9.56. The maximum atomic E-state index is 12.8. The number of carbonyl (C=O) groups excluding carboxylic acids is 2. The van der Waals surface area contributed by atoms with Crippen LogP contribution < -0.4 is 10.2 Å². The van der Waals surface area contributed by atoms with E-state index in [1.54, 1.807) is 18.3 Å². The van der Waals surface area contributed by atoms with Crippen molar-refractivity contribution < 1.29 is 9.59 Å². The van der Waals surface area contributed by atoms with Gasteiger partial charge < -0.3 is 15.1 Å². The SMILES string of the molecule is CC(=O)N1CCN(c2nc3c(s2)CC(C(=O)NC2CCCCCC2)CC3)CC1. The van der Waals surface area contributed by atoms with Gasteiger partial charge in [-0.1, -0.05) is 25.7 Å². The Morgan fingerprint density at radius 2 is 1.75 bits per heavy atom. The van der Waals surface area contributed by atoms with Crippen LogP contribution in [0.25, 0.3) is 0 Å². The summed E-state index contributed by atoms with van der Waals surface area (Å²) < 4.78 is 0. The molecule has 4 rings (SSSR count). The van der Waals surface area contributed by atoms with Crippen LogP contribution in [0, 0.1) is 5.92 Å². The Morgan fingerprint density at radius 1 is 1.04 bits per heavy atom. The van der Waals surface area contributed by atoms with E-state index in [0.717, 1.165) is 63.4 Å². The van der Waals surface area contributed by atoms with E-state index >= 15 is 0 Å². The highest BCUT2D eigenvalue weighted by molar-refractivity contribution is 7.15. The number of thiazole rings is 1. The molecular formula is C21H32N4O2S. The minimum Gasteiger partial charge on any atom is -0.353 e. The first-order valence-corrected chi connectivity index (χ1v) is 11.7. The topological polar surface area (TPSA) is 65.5 Å². The monoisotopic (exact) mass is 404 g/mol. The van der Waals surface area contributed by atoms with Crippen LogP contribution in [0.4, 0.5) is 5.13 Å². The Balaban J connectivity index is 1.34. The minimum atomic E-state index is 0.0959. The van der Waals surface area contributed by atoms with Gasteiger partial charge in [0.15, 0.2) is 5.13 Å². The van der Waals surface area contributed by atoms with Crippen molar-refractivity contribution in [1.82, 2.24) is 15.2 Å². The lowest BCUT2D eigenvalue weighted by Gasteiger charge is -2.33. The van der Waals surface area contributed by atoms with Gasteiger partial charge in [-0.2, -0.15) is 0 Å². The Kier molecular flexibility index (Phi) is 6.19. The summed E-state index contributed by atoms with van der Waals surface area (Å²) >= 11 is 1.75. The van der Waals surface area contributed by atoms with Crippen LogP contribution in [0.15, 0.2) is 0 Å². The van der Waals surface area contributed by atoms with Gasteiger partial charge in [-0.3, -0.25) is 9.59 Å². The third-order valence-electron chi connectivity index (χ3n) is 6.50. The zero-order chi connectivity index (χ0) is 19.5. The lowest BCUT2D eigenvalue weighted by atomic mass is 9.90. The number of rotatable bonds is 3. The van der Waals surface area contributed by atoms with Crippen molar-refractivity contribution in [1.29, 1.82) is 0 Å². The van der Waals surface area contributed by atoms with Crippen molar-refractivity contribution in [3.8, 4) is 0 Å². The molecule has 7 heteroatoms. The summed E-state index contributed by atoms with van der Waals surface area (Å²) in [5.41, 5.74) is 1.19. The van der Waals surface area contributed by atoms with Gasteiger partial charge in [-0.05, 0) is 32.1 Å². The number of nitrogens with one attached hydrogen (secondary N) is 1. The van der Waals surface area contributed by atoms with Gasteiger partial charge in [0.1, 0.15) is 0 Å². The molecule has 1 saturated heterocycles. The molecule has 0 bridgehead atoms. The van der Waals surface area contributed by atoms with Gasteiger partial charge in [0.05, 0.1) is 5.69 Å². The summed E-state index contributed by atoms with van der Waals surface area (Å²) in [5.74, 6) is 0.502.